The van der Waals surface area contributed by atoms with Crippen LogP contribution in [0.3, 0.4) is 0 Å². The van der Waals surface area contributed by atoms with E-state index in [1.165, 1.54) is 18.2 Å². The molecule has 34 heavy (non-hydrogen) atoms. The van der Waals surface area contributed by atoms with E-state index in [0.29, 0.717) is 6.07 Å². The van der Waals surface area contributed by atoms with Gasteiger partial charge in [-0.1, -0.05) is 17.3 Å². The van der Waals surface area contributed by atoms with Gasteiger partial charge in [0, 0.05) is 24.7 Å². The molecule has 2 atom stereocenters. The van der Waals surface area contributed by atoms with Crippen LogP contribution in [0, 0.1) is 11.6 Å². The molecule has 5 rings (SSSR count). The number of halogens is 4. The molecule has 2 fully saturated rings. The minimum absolute atomic E-state index is 0.0394. The topological polar surface area (TPSA) is 109 Å². The number of nitrogens with zero attached hydrogens (tertiary/aromatic N) is 4. The molecule has 0 unspecified atom stereocenters. The maximum Gasteiger partial charge on any atom is 0.326 e. The van der Waals surface area contributed by atoms with Gasteiger partial charge in [0.2, 0.25) is 10.0 Å². The third kappa shape index (κ3) is 3.57. The number of pyridine rings is 1. The van der Waals surface area contributed by atoms with Crippen molar-refractivity contribution < 1.29 is 35.3 Å². The number of anilines is 1. The van der Waals surface area contributed by atoms with Crippen LogP contribution >= 0.6 is 0 Å². The molecule has 2 aliphatic heterocycles. The first-order valence-electron chi connectivity index (χ1n) is 10.1. The SMILES string of the molecule is CS(=O)(=O)N[C@@H]1CN2C(=O)N(c3noc4cccc(-c5ncc(F)cc5F)c34)CC[C@@H]2C1(F)F. The number of nitrogens with one attached hydrogen (secondary N) is 1. The molecular formula is C20H17F4N5O4S. The van der Waals surface area contributed by atoms with Gasteiger partial charge in [0.15, 0.2) is 17.2 Å². The molecule has 0 aliphatic carbocycles. The number of sulfonamides is 1. The molecular weight excluding hydrogens is 482 g/mol. The van der Waals surface area contributed by atoms with E-state index in [9.17, 15) is 30.8 Å². The first-order valence-corrected chi connectivity index (χ1v) is 12.0. The Labute approximate surface area is 190 Å². The first kappa shape index (κ1) is 22.5. The Morgan fingerprint density at radius 3 is 2.74 bits per heavy atom. The molecule has 0 saturated carbocycles. The normalized spacial score (nSPS) is 22.4. The molecule has 1 N–H and O–H groups in total. The third-order valence-electron chi connectivity index (χ3n) is 5.92. The summed E-state index contributed by atoms with van der Waals surface area (Å²) >= 11 is 0. The highest BCUT2D eigenvalue weighted by Gasteiger charge is 2.60. The molecule has 0 bridgehead atoms. The minimum atomic E-state index is -3.95. The van der Waals surface area contributed by atoms with E-state index in [1.807, 2.05) is 4.72 Å². The van der Waals surface area contributed by atoms with Crippen molar-refractivity contribution in [3.63, 3.8) is 0 Å². The number of fused-ring (bicyclic) bond motifs is 2. The predicted molar refractivity (Wildman–Crippen MR) is 112 cm³/mol. The van der Waals surface area contributed by atoms with Gasteiger partial charge in [0.25, 0.3) is 5.92 Å². The van der Waals surface area contributed by atoms with Crippen LogP contribution in [-0.4, -0.2) is 66.8 Å². The highest BCUT2D eigenvalue weighted by atomic mass is 32.2. The number of hydrogen-bond donors (Lipinski definition) is 1. The van der Waals surface area contributed by atoms with Crippen molar-refractivity contribution in [3.8, 4) is 11.3 Å². The van der Waals surface area contributed by atoms with Crippen LogP contribution in [0.1, 0.15) is 6.42 Å². The second-order valence-corrected chi connectivity index (χ2v) is 9.96. The summed E-state index contributed by atoms with van der Waals surface area (Å²) in [5, 5.41) is 4.11. The van der Waals surface area contributed by atoms with E-state index in [2.05, 4.69) is 10.1 Å². The van der Waals surface area contributed by atoms with Gasteiger partial charge in [-0.2, -0.15) is 0 Å². The largest absolute Gasteiger partial charge is 0.354 e. The molecule has 14 heteroatoms. The van der Waals surface area contributed by atoms with Gasteiger partial charge >= 0.3 is 6.03 Å². The van der Waals surface area contributed by atoms with Crippen LogP contribution in [0.5, 0.6) is 0 Å². The van der Waals surface area contributed by atoms with Crippen LogP contribution in [0.2, 0.25) is 0 Å². The smallest absolute Gasteiger partial charge is 0.326 e. The zero-order valence-electron chi connectivity index (χ0n) is 17.5. The molecule has 0 spiro atoms. The van der Waals surface area contributed by atoms with Crippen molar-refractivity contribution >= 4 is 32.8 Å². The monoisotopic (exact) mass is 499 g/mol. The molecule has 2 saturated heterocycles. The van der Waals surface area contributed by atoms with Crippen molar-refractivity contribution in [1.29, 1.82) is 0 Å². The number of carbonyl (C=O) groups is 1. The van der Waals surface area contributed by atoms with Crippen LogP contribution in [0.25, 0.3) is 22.2 Å². The maximum atomic E-state index is 14.9. The molecule has 0 radical (unpaired) electrons. The van der Waals surface area contributed by atoms with Crippen molar-refractivity contribution in [1.82, 2.24) is 19.8 Å². The average molecular weight is 499 g/mol. The molecule has 2 aromatic heterocycles. The molecule has 180 valence electrons. The van der Waals surface area contributed by atoms with E-state index in [1.54, 1.807) is 0 Å². The lowest BCUT2D eigenvalue weighted by Gasteiger charge is -2.37. The number of urea groups is 1. The summed E-state index contributed by atoms with van der Waals surface area (Å²) in [5.41, 5.74) is 0.143. The minimum Gasteiger partial charge on any atom is -0.354 e. The number of benzene rings is 1. The van der Waals surface area contributed by atoms with Gasteiger partial charge in [0.05, 0.1) is 17.8 Å². The van der Waals surface area contributed by atoms with Gasteiger partial charge in [0.1, 0.15) is 23.6 Å². The highest BCUT2D eigenvalue weighted by molar-refractivity contribution is 7.88. The molecule has 1 aromatic carbocycles. The van der Waals surface area contributed by atoms with Gasteiger partial charge < -0.3 is 9.42 Å². The van der Waals surface area contributed by atoms with Gasteiger partial charge in [-0.25, -0.2) is 35.5 Å². The van der Waals surface area contributed by atoms with E-state index in [0.717, 1.165) is 22.3 Å². The van der Waals surface area contributed by atoms with Gasteiger partial charge in [-0.05, 0) is 12.5 Å². The maximum absolute atomic E-state index is 14.9. The first-order chi connectivity index (χ1) is 16.0. The molecule has 2 aliphatic rings. The third-order valence-corrected chi connectivity index (χ3v) is 6.64. The number of rotatable bonds is 4. The van der Waals surface area contributed by atoms with Crippen molar-refractivity contribution in [2.24, 2.45) is 0 Å². The summed E-state index contributed by atoms with van der Waals surface area (Å²) in [6.07, 6.45) is 1.42. The standard InChI is InChI=1S/C20H17F4N5O4S/c1-34(31,32)27-14-9-29-15(20(14,23)24)5-6-28(19(29)30)18-16-11(3-2-4-13(16)33-26-18)17-12(22)7-10(21)8-25-17/h2-4,7-8,14-15,27H,5-6,9H2,1H3/t14-,15-/m1/s1. The summed E-state index contributed by atoms with van der Waals surface area (Å²) in [5.74, 6) is -5.34. The van der Waals surface area contributed by atoms with Crippen LogP contribution in [-0.2, 0) is 10.0 Å². The Bertz CT molecular complexity index is 1410. The number of hydrogen-bond acceptors (Lipinski definition) is 6. The molecule has 2 amide bonds. The number of amides is 2. The Hall–Kier alpha value is -3.26. The summed E-state index contributed by atoms with van der Waals surface area (Å²) in [7, 11) is -3.95. The summed E-state index contributed by atoms with van der Waals surface area (Å²) in [6, 6.07) is 1.08. The number of carbonyl (C=O) groups excluding carboxylic acids is 1. The van der Waals surface area contributed by atoms with Crippen LogP contribution < -0.4 is 9.62 Å². The Kier molecular flexibility index (Phi) is 5.06. The Morgan fingerprint density at radius 2 is 2.03 bits per heavy atom. The summed E-state index contributed by atoms with van der Waals surface area (Å²) < 4.78 is 87.9. The van der Waals surface area contributed by atoms with E-state index in [4.69, 9.17) is 4.52 Å². The summed E-state index contributed by atoms with van der Waals surface area (Å²) in [4.78, 5) is 19.0. The number of alkyl halides is 2. The van der Waals surface area contributed by atoms with E-state index in [-0.39, 0.29) is 41.0 Å². The zero-order chi connectivity index (χ0) is 24.4. The van der Waals surface area contributed by atoms with Crippen LogP contribution in [0.15, 0.2) is 35.0 Å². The summed E-state index contributed by atoms with van der Waals surface area (Å²) in [6.45, 7) is -0.715. The molecule has 4 heterocycles. The predicted octanol–water partition coefficient (Wildman–Crippen LogP) is 2.74. The quantitative estimate of drug-likeness (QED) is 0.553. The van der Waals surface area contributed by atoms with Crippen molar-refractivity contribution in [2.75, 3.05) is 24.2 Å². The van der Waals surface area contributed by atoms with E-state index < -0.39 is 52.2 Å². The lowest BCUT2D eigenvalue weighted by molar-refractivity contribution is -0.0448. The second kappa shape index (κ2) is 7.63. The van der Waals surface area contributed by atoms with Crippen molar-refractivity contribution in [2.45, 2.75) is 24.4 Å². The fourth-order valence-corrected chi connectivity index (χ4v) is 5.24. The molecule has 3 aromatic rings. The second-order valence-electron chi connectivity index (χ2n) is 8.18. The van der Waals surface area contributed by atoms with Crippen molar-refractivity contribution in [3.05, 3.63) is 42.1 Å². The number of aromatic nitrogens is 2. The van der Waals surface area contributed by atoms with Gasteiger partial charge in [-0.15, -0.1) is 0 Å². The van der Waals surface area contributed by atoms with Gasteiger partial charge in [-0.3, -0.25) is 9.88 Å². The van der Waals surface area contributed by atoms with Crippen LogP contribution in [0.4, 0.5) is 28.2 Å². The fourth-order valence-electron chi connectivity index (χ4n) is 4.49. The Morgan fingerprint density at radius 1 is 1.26 bits per heavy atom. The average Bonchev–Trinajstić information content (AvgIpc) is 3.27. The van der Waals surface area contributed by atoms with E-state index >= 15 is 0 Å². The Balaban J connectivity index is 1.54. The lowest BCUT2D eigenvalue weighted by Crippen LogP contribution is -2.56. The highest BCUT2D eigenvalue weighted by Crippen LogP contribution is 2.42. The fraction of sp³-hybridized carbons (Fsp3) is 0.350. The molecule has 9 nitrogen and oxygen atoms in total. The lowest BCUT2D eigenvalue weighted by atomic mass is 10.0. The zero-order valence-corrected chi connectivity index (χ0v) is 18.3.